The summed E-state index contributed by atoms with van der Waals surface area (Å²) in [7, 11) is 1.87. The van der Waals surface area contributed by atoms with E-state index in [0.29, 0.717) is 25.0 Å². The van der Waals surface area contributed by atoms with Crippen LogP contribution < -0.4 is 5.32 Å². The van der Waals surface area contributed by atoms with Crippen molar-refractivity contribution in [1.29, 1.82) is 0 Å². The molecule has 0 saturated carbocycles. The first-order chi connectivity index (χ1) is 14.4. The molecule has 0 aliphatic carbocycles. The highest BCUT2D eigenvalue weighted by atomic mass is 19.1. The second kappa shape index (κ2) is 7.95. The van der Waals surface area contributed by atoms with Crippen molar-refractivity contribution in [2.75, 3.05) is 6.54 Å². The van der Waals surface area contributed by atoms with E-state index in [-0.39, 0.29) is 11.5 Å². The molecule has 4 rings (SSSR count). The third kappa shape index (κ3) is 3.59. The van der Waals surface area contributed by atoms with E-state index in [2.05, 4.69) is 15.4 Å². The van der Waals surface area contributed by atoms with Gasteiger partial charge in [-0.3, -0.25) is 0 Å². The zero-order valence-electron chi connectivity index (χ0n) is 17.0. The van der Waals surface area contributed by atoms with E-state index in [1.54, 1.807) is 6.07 Å². The van der Waals surface area contributed by atoms with Crippen LogP contribution >= 0.6 is 0 Å². The fourth-order valence-electron chi connectivity index (χ4n) is 3.68. The normalized spacial score (nSPS) is 11.5. The maximum atomic E-state index is 14.2. The van der Waals surface area contributed by atoms with Gasteiger partial charge in [0.2, 0.25) is 0 Å². The minimum Gasteiger partial charge on any atom is -0.331 e. The van der Waals surface area contributed by atoms with E-state index < -0.39 is 11.6 Å². The number of para-hydroxylation sites is 1. The molecule has 0 saturated heterocycles. The number of hydrogen-bond acceptors (Lipinski definition) is 3. The van der Waals surface area contributed by atoms with Gasteiger partial charge in [-0.25, -0.2) is 22.8 Å². The van der Waals surface area contributed by atoms with E-state index in [4.69, 9.17) is 0 Å². The largest absolute Gasteiger partial charge is 0.331 e. The molecule has 0 unspecified atom stereocenters. The first kappa shape index (κ1) is 20.2. The molecular formula is C22H22F3N5. The molecule has 2 aromatic heterocycles. The molecule has 4 aromatic rings. The lowest BCUT2D eigenvalue weighted by Gasteiger charge is -2.08. The Morgan fingerprint density at radius 2 is 1.83 bits per heavy atom. The number of aryl methyl sites for hydroxylation is 2. The monoisotopic (exact) mass is 413 g/mol. The van der Waals surface area contributed by atoms with E-state index in [0.717, 1.165) is 34.4 Å². The smallest absolute Gasteiger partial charge is 0.151 e. The molecule has 2 aromatic carbocycles. The maximum Gasteiger partial charge on any atom is 0.151 e. The molecule has 0 amide bonds. The molecule has 5 nitrogen and oxygen atoms in total. The Labute approximate surface area is 172 Å². The molecule has 0 radical (unpaired) electrons. The van der Waals surface area contributed by atoms with Crippen LogP contribution in [0.15, 0.2) is 36.4 Å². The second-order valence-electron chi connectivity index (χ2n) is 7.28. The van der Waals surface area contributed by atoms with Crippen molar-refractivity contribution in [3.63, 3.8) is 0 Å². The second-order valence-corrected chi connectivity index (χ2v) is 7.28. The first-order valence-corrected chi connectivity index (χ1v) is 9.68. The van der Waals surface area contributed by atoms with Gasteiger partial charge in [0.05, 0.1) is 11.2 Å². The summed E-state index contributed by atoms with van der Waals surface area (Å²) in [5, 5.41) is 7.77. The minimum absolute atomic E-state index is 0.213. The quantitative estimate of drug-likeness (QED) is 0.484. The standard InChI is InChI=1S/C22H22F3N5/c1-13-16(14(2)30(28-13)19-8-7-15(23)11-18(19)25)12-26-10-9-21-27-22-17(24)5-4-6-20(22)29(21)3/h4-8,11,26H,9-10,12H2,1-3H3. The number of imidazole rings is 1. The molecule has 30 heavy (non-hydrogen) atoms. The number of hydrogen-bond donors (Lipinski definition) is 1. The molecule has 8 heteroatoms. The number of benzene rings is 2. The Kier molecular flexibility index (Phi) is 5.34. The predicted molar refractivity (Wildman–Crippen MR) is 109 cm³/mol. The van der Waals surface area contributed by atoms with E-state index in [1.165, 1.54) is 22.9 Å². The zero-order chi connectivity index (χ0) is 21.4. The first-order valence-electron chi connectivity index (χ1n) is 9.68. The summed E-state index contributed by atoms with van der Waals surface area (Å²) in [6, 6.07) is 8.37. The number of halogens is 3. The molecule has 1 N–H and O–H groups in total. The molecule has 0 bridgehead atoms. The van der Waals surface area contributed by atoms with Gasteiger partial charge in [-0.1, -0.05) is 6.07 Å². The highest BCUT2D eigenvalue weighted by Gasteiger charge is 2.16. The summed E-state index contributed by atoms with van der Waals surface area (Å²) >= 11 is 0. The van der Waals surface area contributed by atoms with Crippen LogP contribution in [0.1, 0.15) is 22.8 Å². The summed E-state index contributed by atoms with van der Waals surface area (Å²) in [6.07, 6.45) is 0.628. The average molecular weight is 413 g/mol. The van der Waals surface area contributed by atoms with Gasteiger partial charge < -0.3 is 9.88 Å². The summed E-state index contributed by atoms with van der Waals surface area (Å²) in [6.45, 7) is 4.89. The molecule has 0 aliphatic rings. The van der Waals surface area contributed by atoms with Crippen LogP contribution in [0.2, 0.25) is 0 Å². The van der Waals surface area contributed by atoms with Gasteiger partial charge in [-0.05, 0) is 38.1 Å². The van der Waals surface area contributed by atoms with Crippen LogP contribution in [0, 0.1) is 31.3 Å². The lowest BCUT2D eigenvalue weighted by molar-refractivity contribution is 0.572. The summed E-state index contributed by atoms with van der Waals surface area (Å²) in [5.41, 5.74) is 3.87. The van der Waals surface area contributed by atoms with Crippen molar-refractivity contribution in [3.8, 4) is 5.69 Å². The molecule has 0 fully saturated rings. The third-order valence-corrected chi connectivity index (χ3v) is 5.36. The van der Waals surface area contributed by atoms with Crippen molar-refractivity contribution < 1.29 is 13.2 Å². The van der Waals surface area contributed by atoms with Gasteiger partial charge in [0, 0.05) is 43.9 Å². The zero-order valence-corrected chi connectivity index (χ0v) is 17.0. The Balaban J connectivity index is 1.46. The molecule has 0 atom stereocenters. The number of nitrogens with one attached hydrogen (secondary N) is 1. The fraction of sp³-hybridized carbons (Fsp3) is 0.273. The summed E-state index contributed by atoms with van der Waals surface area (Å²) in [5.74, 6) is -0.815. The average Bonchev–Trinajstić information content (AvgIpc) is 3.17. The Bertz CT molecular complexity index is 1230. The van der Waals surface area contributed by atoms with Crippen LogP contribution in [0.5, 0.6) is 0 Å². The number of rotatable bonds is 6. The van der Waals surface area contributed by atoms with Crippen LogP contribution in [0.4, 0.5) is 13.2 Å². The Morgan fingerprint density at radius 1 is 1.03 bits per heavy atom. The lowest BCUT2D eigenvalue weighted by Crippen LogP contribution is -2.19. The topological polar surface area (TPSA) is 47.7 Å². The van der Waals surface area contributed by atoms with Gasteiger partial charge >= 0.3 is 0 Å². The third-order valence-electron chi connectivity index (χ3n) is 5.36. The van der Waals surface area contributed by atoms with Crippen LogP contribution in [-0.2, 0) is 20.0 Å². The molecule has 0 aliphatic heterocycles. The van der Waals surface area contributed by atoms with Crippen molar-refractivity contribution in [1.82, 2.24) is 24.6 Å². The minimum atomic E-state index is -0.658. The van der Waals surface area contributed by atoms with Crippen LogP contribution in [0.3, 0.4) is 0 Å². The molecular weight excluding hydrogens is 391 g/mol. The van der Waals surface area contributed by atoms with E-state index in [9.17, 15) is 13.2 Å². The fourth-order valence-corrected chi connectivity index (χ4v) is 3.68. The van der Waals surface area contributed by atoms with Gasteiger partial charge in [-0.15, -0.1) is 0 Å². The SMILES string of the molecule is Cc1nn(-c2ccc(F)cc2F)c(C)c1CNCCc1nc2c(F)cccc2n1C. The maximum absolute atomic E-state index is 14.2. The summed E-state index contributed by atoms with van der Waals surface area (Å²) < 4.78 is 44.7. The van der Waals surface area contributed by atoms with Crippen molar-refractivity contribution in [2.45, 2.75) is 26.8 Å². The Hall–Kier alpha value is -3.13. The van der Waals surface area contributed by atoms with Gasteiger partial charge in [-0.2, -0.15) is 5.10 Å². The summed E-state index contributed by atoms with van der Waals surface area (Å²) in [4.78, 5) is 4.41. The highest BCUT2D eigenvalue weighted by molar-refractivity contribution is 5.76. The van der Waals surface area contributed by atoms with Crippen molar-refractivity contribution >= 4 is 11.0 Å². The number of aromatic nitrogens is 4. The highest BCUT2D eigenvalue weighted by Crippen LogP contribution is 2.21. The molecule has 0 spiro atoms. The van der Waals surface area contributed by atoms with E-state index >= 15 is 0 Å². The van der Waals surface area contributed by atoms with Gasteiger partial charge in [0.25, 0.3) is 0 Å². The number of nitrogens with zero attached hydrogens (tertiary/aromatic N) is 4. The van der Waals surface area contributed by atoms with Crippen LogP contribution in [-0.4, -0.2) is 25.9 Å². The van der Waals surface area contributed by atoms with Crippen LogP contribution in [0.25, 0.3) is 16.7 Å². The number of fused-ring (bicyclic) bond motifs is 1. The lowest BCUT2D eigenvalue weighted by atomic mass is 10.2. The molecule has 2 heterocycles. The van der Waals surface area contributed by atoms with E-state index in [1.807, 2.05) is 31.5 Å². The Morgan fingerprint density at radius 3 is 2.57 bits per heavy atom. The van der Waals surface area contributed by atoms with Gasteiger partial charge in [0.15, 0.2) is 11.6 Å². The molecule has 156 valence electrons. The van der Waals surface area contributed by atoms with Crippen molar-refractivity contribution in [3.05, 3.63) is 76.6 Å². The van der Waals surface area contributed by atoms with Crippen molar-refractivity contribution in [2.24, 2.45) is 7.05 Å². The predicted octanol–water partition coefficient (Wildman–Crippen LogP) is 4.13. The van der Waals surface area contributed by atoms with Gasteiger partial charge in [0.1, 0.15) is 22.8 Å².